The summed E-state index contributed by atoms with van der Waals surface area (Å²) in [5, 5.41) is 8.30. The van der Waals surface area contributed by atoms with E-state index in [1.54, 1.807) is 11.1 Å². The van der Waals surface area contributed by atoms with E-state index in [-0.39, 0.29) is 17.7 Å². The van der Waals surface area contributed by atoms with E-state index in [4.69, 9.17) is 0 Å². The normalized spacial score (nSPS) is 26.6. The van der Waals surface area contributed by atoms with Crippen molar-refractivity contribution in [2.75, 3.05) is 4.90 Å². The van der Waals surface area contributed by atoms with Crippen molar-refractivity contribution in [3.05, 3.63) is 187 Å². The van der Waals surface area contributed by atoms with E-state index in [9.17, 15) is 0 Å². The predicted molar refractivity (Wildman–Crippen MR) is 340 cm³/mol. The van der Waals surface area contributed by atoms with Crippen LogP contribution in [0.5, 0.6) is 0 Å². The number of aromatic nitrogens is 1. The van der Waals surface area contributed by atoms with Gasteiger partial charge in [-0.1, -0.05) is 130 Å². The maximum atomic E-state index is 2.91. The molecule has 8 bridgehead atoms. The van der Waals surface area contributed by atoms with Crippen molar-refractivity contribution in [3.63, 3.8) is 0 Å². The fourth-order valence-electron chi connectivity index (χ4n) is 20.2. The number of thiophene rings is 1. The minimum absolute atomic E-state index is 0.0331. The standard InChI is InChI=1S/C76H67BN2S/c1-74(2,3)55-18-22-66(59(34-55)51-14-8-5-9-15-51)78-68-32-54(50-12-6-4-7-13-50)31-62-64-37-57(76-41-47-27-48(42-76)29-49(28-47)43-76)36-63-60-35-56(75-38-44-24-45(39-75)26-46(25-44)40-75)19-23-67(60)79(71(63)64)77(70(62)68)65-21-20-58-61-30-52-16-10-11-17-53(52)33-69(61)80-73(58)72(65)78/h4-23,30-37,44-49H,24-29,38-43H2,1-3H3. The molecule has 0 saturated heterocycles. The molecular formula is C76H67BN2S. The number of rotatable bonds is 5. The number of nitrogens with zero attached hydrogens (tertiary/aromatic N) is 2. The van der Waals surface area contributed by atoms with Gasteiger partial charge in [0.25, 0.3) is 0 Å². The van der Waals surface area contributed by atoms with E-state index < -0.39 is 0 Å². The van der Waals surface area contributed by atoms with Gasteiger partial charge in [-0.25, -0.2) is 0 Å². The highest BCUT2D eigenvalue weighted by molar-refractivity contribution is 7.26. The summed E-state index contributed by atoms with van der Waals surface area (Å²) in [5.41, 5.74) is 22.7. The molecule has 2 nitrogen and oxygen atoms in total. The smallest absolute Gasteiger partial charge is 0.333 e. The Labute approximate surface area is 475 Å². The molecule has 0 atom stereocenters. The van der Waals surface area contributed by atoms with E-state index in [1.165, 1.54) is 197 Å². The third kappa shape index (κ3) is 6.33. The van der Waals surface area contributed by atoms with Gasteiger partial charge in [0.2, 0.25) is 0 Å². The lowest BCUT2D eigenvalue weighted by Crippen LogP contribution is -2.56. The Balaban J connectivity index is 0.958. The average molecular weight is 1050 g/mol. The molecule has 9 aromatic carbocycles. The van der Waals surface area contributed by atoms with Gasteiger partial charge in [-0.3, -0.25) is 0 Å². The van der Waals surface area contributed by atoms with Crippen molar-refractivity contribution in [1.82, 2.24) is 4.48 Å². The van der Waals surface area contributed by atoms with Crippen molar-refractivity contribution < 1.29 is 0 Å². The zero-order valence-corrected chi connectivity index (χ0v) is 47.3. The molecule has 0 N–H and O–H groups in total. The SMILES string of the molecule is CC(C)(C)c1ccc(N2c3cc(-c4ccccc4)cc4c3B(c3ccc5c(sc6cc7ccccc7cc65)c32)n2c3ccc(C56CC7CC(CC(C7)C5)C6)cc3c3cc(C56CC7CC(CC(C7)C5)C6)cc-4c32)c(-c2ccccc2)c1. The Kier molecular flexibility index (Phi) is 9.15. The molecule has 0 spiro atoms. The van der Waals surface area contributed by atoms with Crippen LogP contribution in [0, 0.1) is 35.5 Å². The largest absolute Gasteiger partial charge is 0.375 e. The second kappa shape index (κ2) is 16.0. The van der Waals surface area contributed by atoms with E-state index in [0.717, 1.165) is 35.5 Å². The zero-order valence-electron chi connectivity index (χ0n) is 46.5. The maximum Gasteiger partial charge on any atom is 0.333 e. The Hall–Kier alpha value is -6.88. The number of hydrogen-bond acceptors (Lipinski definition) is 2. The molecule has 8 aliphatic carbocycles. The minimum atomic E-state index is -0.0397. The zero-order chi connectivity index (χ0) is 52.5. The Morgan fingerprint density at radius 1 is 0.463 bits per heavy atom. The molecule has 2 aromatic heterocycles. The lowest BCUT2D eigenvalue weighted by molar-refractivity contribution is -0.00527. The molecule has 4 heterocycles. The van der Waals surface area contributed by atoms with Crippen LogP contribution in [-0.4, -0.2) is 11.3 Å². The lowest BCUT2D eigenvalue weighted by atomic mass is 9.44. The molecule has 2 aliphatic heterocycles. The van der Waals surface area contributed by atoms with Crippen molar-refractivity contribution in [3.8, 4) is 33.4 Å². The molecule has 0 unspecified atom stereocenters. The van der Waals surface area contributed by atoms with E-state index >= 15 is 0 Å². The average Bonchev–Trinajstić information content (AvgIpc) is 4.02. The van der Waals surface area contributed by atoms with Crippen molar-refractivity contribution in [2.45, 2.75) is 114 Å². The van der Waals surface area contributed by atoms with Crippen molar-refractivity contribution >= 4 is 98.9 Å². The Morgan fingerprint density at radius 3 is 1.74 bits per heavy atom. The molecule has 80 heavy (non-hydrogen) atoms. The van der Waals surface area contributed by atoms with Crippen LogP contribution in [0.1, 0.15) is 115 Å². The van der Waals surface area contributed by atoms with Gasteiger partial charge in [0.05, 0.1) is 16.1 Å². The van der Waals surface area contributed by atoms with Crippen LogP contribution in [0.2, 0.25) is 0 Å². The lowest BCUT2D eigenvalue weighted by Gasteiger charge is -2.57. The summed E-state index contributed by atoms with van der Waals surface area (Å²) in [6.07, 6.45) is 17.0. The summed E-state index contributed by atoms with van der Waals surface area (Å²) < 4.78 is 5.62. The quantitative estimate of drug-likeness (QED) is 0.156. The molecule has 8 fully saturated rings. The molecule has 21 rings (SSSR count). The van der Waals surface area contributed by atoms with Crippen molar-refractivity contribution in [2.24, 2.45) is 35.5 Å². The Morgan fingerprint density at radius 2 is 1.07 bits per heavy atom. The fraction of sp³-hybridized carbons (Fsp3) is 0.316. The van der Waals surface area contributed by atoms with Gasteiger partial charge in [-0.15, -0.1) is 11.3 Å². The highest BCUT2D eigenvalue weighted by Crippen LogP contribution is 2.64. The summed E-state index contributed by atoms with van der Waals surface area (Å²) in [7, 11) is 0. The molecule has 10 aliphatic rings. The predicted octanol–water partition coefficient (Wildman–Crippen LogP) is 19.3. The molecule has 0 amide bonds. The van der Waals surface area contributed by atoms with E-state index in [1.807, 2.05) is 11.3 Å². The van der Waals surface area contributed by atoms with Crippen LogP contribution in [-0.2, 0) is 16.2 Å². The van der Waals surface area contributed by atoms with E-state index in [0.29, 0.717) is 5.41 Å². The highest BCUT2D eigenvalue weighted by atomic mass is 32.1. The first-order chi connectivity index (χ1) is 39.1. The van der Waals surface area contributed by atoms with Gasteiger partial charge in [0.1, 0.15) is 0 Å². The number of fused-ring (bicyclic) bond motifs is 12. The molecular weight excluding hydrogens is 984 g/mol. The maximum absolute atomic E-state index is 2.91. The third-order valence-electron chi connectivity index (χ3n) is 22.7. The second-order valence-corrected chi connectivity index (χ2v) is 29.6. The van der Waals surface area contributed by atoms with Gasteiger partial charge >= 0.3 is 6.85 Å². The third-order valence-corrected chi connectivity index (χ3v) is 23.9. The summed E-state index contributed by atoms with van der Waals surface area (Å²) in [5.74, 6) is 5.31. The molecule has 8 saturated carbocycles. The van der Waals surface area contributed by atoms with Crippen LogP contribution < -0.4 is 15.8 Å². The first-order valence-electron chi connectivity index (χ1n) is 30.8. The summed E-state index contributed by atoms with van der Waals surface area (Å²) in [6, 6.07) is 68.1. The van der Waals surface area contributed by atoms with Gasteiger partial charge in [-0.2, -0.15) is 0 Å². The van der Waals surface area contributed by atoms with Gasteiger partial charge < -0.3 is 9.38 Å². The van der Waals surface area contributed by atoms with Gasteiger partial charge in [0, 0.05) is 54.1 Å². The topological polar surface area (TPSA) is 8.17 Å². The van der Waals surface area contributed by atoms with Crippen LogP contribution >= 0.6 is 11.3 Å². The molecule has 0 radical (unpaired) electrons. The van der Waals surface area contributed by atoms with Crippen molar-refractivity contribution in [1.29, 1.82) is 0 Å². The molecule has 11 aromatic rings. The summed E-state index contributed by atoms with van der Waals surface area (Å²) in [4.78, 5) is 2.78. The number of benzene rings is 9. The van der Waals surface area contributed by atoms with Crippen LogP contribution in [0.4, 0.5) is 17.1 Å². The van der Waals surface area contributed by atoms with Gasteiger partial charge in [0.15, 0.2) is 0 Å². The first kappa shape index (κ1) is 45.8. The number of anilines is 3. The van der Waals surface area contributed by atoms with Crippen LogP contribution in [0.25, 0.3) is 86.1 Å². The second-order valence-electron chi connectivity index (χ2n) is 28.5. The molecule has 390 valence electrons. The minimum Gasteiger partial charge on any atom is -0.375 e. The monoisotopic (exact) mass is 1050 g/mol. The first-order valence-corrected chi connectivity index (χ1v) is 31.6. The van der Waals surface area contributed by atoms with Crippen LogP contribution in [0.15, 0.2) is 170 Å². The number of hydrogen-bond donors (Lipinski definition) is 0. The van der Waals surface area contributed by atoms with Gasteiger partial charge in [-0.05, 0) is 250 Å². The summed E-state index contributed by atoms with van der Waals surface area (Å²) >= 11 is 2.00. The highest BCUT2D eigenvalue weighted by Gasteiger charge is 2.54. The fourth-order valence-corrected chi connectivity index (χ4v) is 21.4. The molecule has 4 heteroatoms. The summed E-state index contributed by atoms with van der Waals surface area (Å²) in [6.45, 7) is 7.06. The van der Waals surface area contributed by atoms with Crippen LogP contribution in [0.3, 0.4) is 0 Å². The van der Waals surface area contributed by atoms with E-state index in [2.05, 4.69) is 200 Å². The Bertz CT molecular complexity index is 4420.